The number of methoxy groups -OCH3 is 1. The van der Waals surface area contributed by atoms with Crippen LogP contribution in [0.25, 0.3) is 0 Å². The average molecular weight is 294 g/mol. The minimum atomic E-state index is -0.144. The second-order valence-electron chi connectivity index (χ2n) is 2.80. The van der Waals surface area contributed by atoms with Crippen molar-refractivity contribution in [3.8, 4) is 11.8 Å². The van der Waals surface area contributed by atoms with Crippen LogP contribution < -0.4 is 0 Å². The fraction of sp³-hybridized carbons (Fsp3) is 0.556. The molecule has 0 aromatic carbocycles. The van der Waals surface area contributed by atoms with E-state index in [1.54, 1.807) is 16.0 Å². The molecule has 0 unspecified atom stereocenters. The molecule has 0 heterocycles. The molecule has 3 heteroatoms. The van der Waals surface area contributed by atoms with Gasteiger partial charge in [0.05, 0.1) is 4.91 Å². The summed E-state index contributed by atoms with van der Waals surface area (Å²) in [6.45, 7) is 3.80. The third-order valence-electron chi connectivity index (χ3n) is 2.07. The van der Waals surface area contributed by atoms with Gasteiger partial charge in [-0.2, -0.15) is 0 Å². The lowest BCUT2D eigenvalue weighted by Crippen LogP contribution is -2.37. The van der Waals surface area contributed by atoms with Gasteiger partial charge in [0.25, 0.3) is 0 Å². The van der Waals surface area contributed by atoms with E-state index in [0.717, 1.165) is 17.7 Å². The number of halogens is 1. The minimum Gasteiger partial charge on any atom is -0.366 e. The molecule has 1 aliphatic rings. The Labute approximate surface area is 89.9 Å². The number of rotatable bonds is 2. The zero-order valence-corrected chi connectivity index (χ0v) is 10.00. The second kappa shape index (κ2) is 4.54. The molecule has 1 saturated carbocycles. The summed E-state index contributed by atoms with van der Waals surface area (Å²) in [5, 5.41) is 0. The smallest absolute Gasteiger partial charge is 0.128 e. The van der Waals surface area contributed by atoms with E-state index in [2.05, 4.69) is 39.6 Å². The Bertz CT molecular complexity index is 229. The topological polar surface area (TPSA) is 9.23 Å². The largest absolute Gasteiger partial charge is 0.366 e. The molecule has 66 valence electrons. The van der Waals surface area contributed by atoms with Crippen LogP contribution in [0.3, 0.4) is 0 Å². The molecule has 0 spiro atoms. The molecule has 12 heavy (non-hydrogen) atoms. The standard InChI is InChI=1S/C9H11IOS/c1-8(12-10)4-7-9(11-2)5-3-6-9/h1,3,5-6H2,2H3. The molecule has 1 nitrogen and oxygen atoms in total. The lowest BCUT2D eigenvalue weighted by atomic mass is 9.80. The van der Waals surface area contributed by atoms with Gasteiger partial charge in [0.15, 0.2) is 0 Å². The molecule has 0 atom stereocenters. The van der Waals surface area contributed by atoms with Gasteiger partial charge in [-0.25, -0.2) is 0 Å². The van der Waals surface area contributed by atoms with Crippen molar-refractivity contribution < 1.29 is 4.74 Å². The first-order valence-electron chi connectivity index (χ1n) is 3.78. The molecule has 0 bridgehead atoms. The van der Waals surface area contributed by atoms with Crippen LogP contribution in [0.4, 0.5) is 0 Å². The Kier molecular flexibility index (Phi) is 3.94. The molecule has 0 aromatic rings. The van der Waals surface area contributed by atoms with Gasteiger partial charge in [-0.05, 0) is 28.2 Å². The molecule has 0 saturated heterocycles. The van der Waals surface area contributed by atoms with Gasteiger partial charge in [-0.3, -0.25) is 0 Å². The summed E-state index contributed by atoms with van der Waals surface area (Å²) in [4.78, 5) is 0.902. The Balaban J connectivity index is 2.56. The van der Waals surface area contributed by atoms with Crippen LogP contribution in [0.15, 0.2) is 11.5 Å². The summed E-state index contributed by atoms with van der Waals surface area (Å²) in [6.07, 6.45) is 3.36. The number of hydrogen-bond acceptors (Lipinski definition) is 2. The van der Waals surface area contributed by atoms with E-state index in [-0.39, 0.29) is 5.60 Å². The Hall–Kier alpha value is 0.340. The second-order valence-corrected chi connectivity index (χ2v) is 4.77. The van der Waals surface area contributed by atoms with E-state index in [1.807, 2.05) is 0 Å². The SMILES string of the molecule is C=C(C#CC1(OC)CCC1)SI. The number of ether oxygens (including phenoxy) is 1. The van der Waals surface area contributed by atoms with E-state index < -0.39 is 0 Å². The van der Waals surface area contributed by atoms with Crippen molar-refractivity contribution in [2.75, 3.05) is 7.11 Å². The van der Waals surface area contributed by atoms with Crippen molar-refractivity contribution in [3.63, 3.8) is 0 Å². The van der Waals surface area contributed by atoms with E-state index in [9.17, 15) is 0 Å². The fourth-order valence-electron chi connectivity index (χ4n) is 1.08. The van der Waals surface area contributed by atoms with E-state index in [4.69, 9.17) is 4.74 Å². The summed E-state index contributed by atoms with van der Waals surface area (Å²) in [6, 6.07) is 0. The molecule has 0 radical (unpaired) electrons. The van der Waals surface area contributed by atoms with Crippen molar-refractivity contribution in [1.82, 2.24) is 0 Å². The molecule has 1 fully saturated rings. The average Bonchev–Trinajstić information content (AvgIpc) is 2.03. The molecular formula is C9H11IOS. The third-order valence-corrected chi connectivity index (χ3v) is 3.96. The van der Waals surface area contributed by atoms with Gasteiger partial charge in [0.2, 0.25) is 0 Å². The maximum absolute atomic E-state index is 5.34. The highest BCUT2D eigenvalue weighted by atomic mass is 127. The van der Waals surface area contributed by atoms with Crippen LogP contribution in [0.1, 0.15) is 19.3 Å². The van der Waals surface area contributed by atoms with Gasteiger partial charge in [0.1, 0.15) is 5.60 Å². The summed E-state index contributed by atoms with van der Waals surface area (Å²) in [7, 11) is 3.29. The first-order valence-corrected chi connectivity index (χ1v) is 7.14. The molecule has 1 aliphatic carbocycles. The van der Waals surface area contributed by atoms with Crippen molar-refractivity contribution in [3.05, 3.63) is 11.5 Å². The zero-order valence-electron chi connectivity index (χ0n) is 7.02. The van der Waals surface area contributed by atoms with Gasteiger partial charge in [-0.15, -0.1) is 0 Å². The van der Waals surface area contributed by atoms with Gasteiger partial charge in [-0.1, -0.05) is 18.4 Å². The zero-order chi connectivity index (χ0) is 9.03. The van der Waals surface area contributed by atoms with Gasteiger partial charge < -0.3 is 4.74 Å². The Morgan fingerprint density at radius 2 is 2.33 bits per heavy atom. The molecule has 0 N–H and O–H groups in total. The minimum absolute atomic E-state index is 0.144. The lowest BCUT2D eigenvalue weighted by Gasteiger charge is -2.35. The molecule has 0 aromatic heterocycles. The van der Waals surface area contributed by atoms with Crippen molar-refractivity contribution in [2.45, 2.75) is 24.9 Å². The highest BCUT2D eigenvalue weighted by Gasteiger charge is 2.34. The van der Waals surface area contributed by atoms with Crippen molar-refractivity contribution >= 4 is 30.1 Å². The molecule has 1 rings (SSSR count). The molecule has 0 aliphatic heterocycles. The van der Waals surface area contributed by atoms with Gasteiger partial charge >= 0.3 is 0 Å². The van der Waals surface area contributed by atoms with E-state index in [1.165, 1.54) is 6.42 Å². The Morgan fingerprint density at radius 1 is 1.67 bits per heavy atom. The van der Waals surface area contributed by atoms with Crippen LogP contribution in [-0.4, -0.2) is 12.7 Å². The third kappa shape index (κ3) is 2.41. The fourth-order valence-corrected chi connectivity index (χ4v) is 1.50. The summed E-state index contributed by atoms with van der Waals surface area (Å²) in [5.41, 5.74) is -0.144. The summed E-state index contributed by atoms with van der Waals surface area (Å²) in [5.74, 6) is 6.15. The first-order chi connectivity index (χ1) is 5.72. The van der Waals surface area contributed by atoms with Gasteiger partial charge in [0, 0.05) is 28.3 Å². The number of hydrogen-bond donors (Lipinski definition) is 0. The first kappa shape index (κ1) is 10.4. The van der Waals surface area contributed by atoms with Crippen LogP contribution in [0, 0.1) is 11.8 Å². The molecule has 0 amide bonds. The number of allylic oxidation sites excluding steroid dienone is 1. The monoisotopic (exact) mass is 294 g/mol. The van der Waals surface area contributed by atoms with E-state index >= 15 is 0 Å². The summed E-state index contributed by atoms with van der Waals surface area (Å²) >= 11 is 2.18. The van der Waals surface area contributed by atoms with E-state index in [0.29, 0.717) is 0 Å². The quantitative estimate of drug-likeness (QED) is 0.571. The molecular weight excluding hydrogens is 283 g/mol. The maximum Gasteiger partial charge on any atom is 0.128 e. The predicted molar refractivity (Wildman–Crippen MR) is 62.1 cm³/mol. The van der Waals surface area contributed by atoms with Crippen molar-refractivity contribution in [2.24, 2.45) is 0 Å². The summed E-state index contributed by atoms with van der Waals surface area (Å²) < 4.78 is 5.34. The highest BCUT2D eigenvalue weighted by Crippen LogP contribution is 2.34. The van der Waals surface area contributed by atoms with Crippen LogP contribution in [0.2, 0.25) is 0 Å². The van der Waals surface area contributed by atoms with Crippen LogP contribution in [0.5, 0.6) is 0 Å². The van der Waals surface area contributed by atoms with Crippen LogP contribution in [-0.2, 0) is 4.74 Å². The Morgan fingerprint density at radius 3 is 2.67 bits per heavy atom. The van der Waals surface area contributed by atoms with Crippen molar-refractivity contribution in [1.29, 1.82) is 0 Å². The maximum atomic E-state index is 5.34. The normalized spacial score (nSPS) is 18.8. The highest BCUT2D eigenvalue weighted by molar-refractivity contribution is 14.2. The van der Waals surface area contributed by atoms with Crippen LogP contribution >= 0.6 is 30.1 Å². The predicted octanol–water partition coefficient (Wildman–Crippen LogP) is 3.16. The lowest BCUT2D eigenvalue weighted by molar-refractivity contribution is -0.0215.